The minimum Gasteiger partial charge on any atom is -0.497 e. The SMILES string of the molecule is COc1ccc2nc3c(nc2c1)O[C@H]1CN(C(=O)[C@H](C2CCCCC2)NC(=O)O[C@]2(C)C[C@H]2CCCCC3)[C@H](C(C)=O)[C@@H]1C. The number of aromatic nitrogens is 2. The second kappa shape index (κ2) is 12.5. The summed E-state index contributed by atoms with van der Waals surface area (Å²) in [7, 11) is 1.62. The molecular formula is C34H46N4O6. The number of rotatable bonds is 3. The quantitative estimate of drug-likeness (QED) is 0.494. The number of alkyl carbamates (subject to hydrolysis) is 1. The first-order valence-electron chi connectivity index (χ1n) is 16.5. The van der Waals surface area contributed by atoms with Crippen LogP contribution in [0.1, 0.15) is 90.7 Å². The van der Waals surface area contributed by atoms with Crippen LogP contribution in [0.5, 0.6) is 11.6 Å². The van der Waals surface area contributed by atoms with E-state index >= 15 is 0 Å². The van der Waals surface area contributed by atoms with Crippen molar-refractivity contribution in [3.05, 3.63) is 23.9 Å². The molecule has 1 aromatic carbocycles. The van der Waals surface area contributed by atoms with Crippen molar-refractivity contribution in [1.82, 2.24) is 20.2 Å². The molecule has 0 unspecified atom stereocenters. The minimum atomic E-state index is -0.751. The number of ketones is 1. The molecule has 44 heavy (non-hydrogen) atoms. The second-order valence-corrected chi connectivity index (χ2v) is 13.6. The molecule has 2 aliphatic heterocycles. The fourth-order valence-electron chi connectivity index (χ4n) is 7.72. The Morgan fingerprint density at radius 1 is 1.05 bits per heavy atom. The van der Waals surface area contributed by atoms with Crippen LogP contribution in [0.2, 0.25) is 0 Å². The van der Waals surface area contributed by atoms with Crippen molar-refractivity contribution in [2.75, 3.05) is 13.7 Å². The first-order valence-corrected chi connectivity index (χ1v) is 16.5. The van der Waals surface area contributed by atoms with E-state index in [1.165, 1.54) is 6.92 Å². The standard InChI is InChI=1S/C34H46N4O6/c1-20-28-19-38(30(20)21(2)39)32(40)29(22-11-7-5-8-12-22)37-33(41)44-34(3)18-23(34)13-9-6-10-14-26-31(43-28)36-27-17-24(42-4)15-16-25(27)35-26/h15-17,20,22-23,28-30H,5-14,18-19H2,1-4H3,(H,37,41)/t20-,23-,28+,29+,30+,34-/m1/s1. The molecule has 0 spiro atoms. The van der Waals surface area contributed by atoms with Gasteiger partial charge >= 0.3 is 6.09 Å². The number of fused-ring (bicyclic) bond motifs is 5. The van der Waals surface area contributed by atoms with Gasteiger partial charge < -0.3 is 24.4 Å². The molecule has 1 saturated heterocycles. The number of carbonyl (C=O) groups excluding carboxylic acids is 3. The molecule has 10 nitrogen and oxygen atoms in total. The summed E-state index contributed by atoms with van der Waals surface area (Å²) in [4.78, 5) is 52.2. The molecule has 10 heteroatoms. The number of Topliss-reactive ketones (excluding diaryl/α,β-unsaturated/α-hetero) is 1. The largest absolute Gasteiger partial charge is 0.497 e. The van der Waals surface area contributed by atoms with Gasteiger partial charge in [0.15, 0.2) is 5.78 Å². The van der Waals surface area contributed by atoms with Gasteiger partial charge in [0.25, 0.3) is 0 Å². The highest BCUT2D eigenvalue weighted by Gasteiger charge is 2.54. The number of carbonyl (C=O) groups is 3. The zero-order valence-electron chi connectivity index (χ0n) is 26.5. The number of nitrogens with one attached hydrogen (secondary N) is 1. The lowest BCUT2D eigenvalue weighted by atomic mass is 9.83. The van der Waals surface area contributed by atoms with E-state index in [1.807, 2.05) is 32.0 Å². The number of methoxy groups -OCH3 is 1. The lowest BCUT2D eigenvalue weighted by Gasteiger charge is -2.34. The molecule has 2 saturated carbocycles. The molecule has 1 aromatic heterocycles. The normalized spacial score (nSPS) is 31.9. The maximum absolute atomic E-state index is 14.4. The van der Waals surface area contributed by atoms with Gasteiger partial charge in [0.05, 0.1) is 30.7 Å². The van der Waals surface area contributed by atoms with Gasteiger partial charge in [-0.05, 0) is 70.4 Å². The number of aryl methyl sites for hydroxylation is 1. The Labute approximate surface area is 259 Å². The van der Waals surface area contributed by atoms with Crippen LogP contribution >= 0.6 is 0 Å². The average Bonchev–Trinajstić information content (AvgIpc) is 3.52. The third kappa shape index (κ3) is 6.22. The summed E-state index contributed by atoms with van der Waals surface area (Å²) in [6.45, 7) is 5.70. The molecule has 2 aliphatic carbocycles. The van der Waals surface area contributed by atoms with Gasteiger partial charge in [0.1, 0.15) is 29.2 Å². The predicted molar refractivity (Wildman–Crippen MR) is 165 cm³/mol. The Bertz CT molecular complexity index is 1410. The zero-order chi connectivity index (χ0) is 31.0. The number of hydrogen-bond donors (Lipinski definition) is 1. The molecule has 4 aliphatic rings. The molecule has 0 radical (unpaired) electrons. The van der Waals surface area contributed by atoms with E-state index in [0.717, 1.165) is 75.4 Å². The van der Waals surface area contributed by atoms with Crippen molar-refractivity contribution in [2.24, 2.45) is 17.8 Å². The van der Waals surface area contributed by atoms with E-state index in [1.54, 1.807) is 12.0 Å². The van der Waals surface area contributed by atoms with E-state index in [9.17, 15) is 14.4 Å². The Morgan fingerprint density at radius 2 is 1.80 bits per heavy atom. The van der Waals surface area contributed by atoms with Crippen molar-refractivity contribution < 1.29 is 28.6 Å². The summed E-state index contributed by atoms with van der Waals surface area (Å²) >= 11 is 0. The van der Waals surface area contributed by atoms with E-state index in [-0.39, 0.29) is 30.1 Å². The van der Waals surface area contributed by atoms with Crippen molar-refractivity contribution >= 4 is 28.8 Å². The first kappa shape index (κ1) is 30.6. The summed E-state index contributed by atoms with van der Waals surface area (Å²) in [5.74, 6) is 0.817. The predicted octanol–water partition coefficient (Wildman–Crippen LogP) is 5.39. The fourth-order valence-corrected chi connectivity index (χ4v) is 7.72. The fraction of sp³-hybridized carbons (Fsp3) is 0.676. The Kier molecular flexibility index (Phi) is 8.70. The van der Waals surface area contributed by atoms with Crippen LogP contribution in [-0.2, 0) is 20.7 Å². The number of amides is 2. The van der Waals surface area contributed by atoms with Crippen LogP contribution in [0.25, 0.3) is 11.0 Å². The Morgan fingerprint density at radius 3 is 2.55 bits per heavy atom. The third-order valence-corrected chi connectivity index (χ3v) is 10.5. The van der Waals surface area contributed by atoms with Crippen LogP contribution in [0.15, 0.2) is 18.2 Å². The number of benzene rings is 1. The number of hydrogen-bond acceptors (Lipinski definition) is 8. The second-order valence-electron chi connectivity index (χ2n) is 13.6. The zero-order valence-corrected chi connectivity index (χ0v) is 26.5. The minimum absolute atomic E-state index is 0.00646. The summed E-state index contributed by atoms with van der Waals surface area (Å²) in [5.41, 5.74) is 1.72. The molecule has 3 heterocycles. The van der Waals surface area contributed by atoms with Gasteiger partial charge in [0, 0.05) is 17.9 Å². The summed E-state index contributed by atoms with van der Waals surface area (Å²) in [6.07, 6.45) is 9.32. The molecule has 6 atom stereocenters. The van der Waals surface area contributed by atoms with Gasteiger partial charge in [-0.2, -0.15) is 0 Å². The molecule has 1 N–H and O–H groups in total. The van der Waals surface area contributed by atoms with Gasteiger partial charge in [0.2, 0.25) is 11.8 Å². The van der Waals surface area contributed by atoms with Gasteiger partial charge in [-0.1, -0.05) is 39.0 Å². The summed E-state index contributed by atoms with van der Waals surface area (Å²) < 4.78 is 18.0. The van der Waals surface area contributed by atoms with Gasteiger partial charge in [-0.15, -0.1) is 0 Å². The van der Waals surface area contributed by atoms with Crippen LogP contribution in [0.4, 0.5) is 4.79 Å². The van der Waals surface area contributed by atoms with Crippen molar-refractivity contribution in [3.63, 3.8) is 0 Å². The monoisotopic (exact) mass is 606 g/mol. The Hall–Kier alpha value is -3.43. The van der Waals surface area contributed by atoms with E-state index in [4.69, 9.17) is 24.2 Å². The van der Waals surface area contributed by atoms with Crippen LogP contribution in [0.3, 0.4) is 0 Å². The molecule has 6 rings (SSSR count). The number of ether oxygens (including phenoxy) is 3. The van der Waals surface area contributed by atoms with Crippen LogP contribution < -0.4 is 14.8 Å². The molecule has 2 aromatic rings. The Balaban J connectivity index is 1.35. The molecular weight excluding hydrogens is 560 g/mol. The van der Waals surface area contributed by atoms with E-state index in [0.29, 0.717) is 29.5 Å². The lowest BCUT2D eigenvalue weighted by molar-refractivity contribution is -0.140. The van der Waals surface area contributed by atoms with Crippen molar-refractivity contribution in [2.45, 2.75) is 115 Å². The maximum atomic E-state index is 14.4. The molecule has 2 bridgehead atoms. The maximum Gasteiger partial charge on any atom is 0.408 e. The van der Waals surface area contributed by atoms with Crippen LogP contribution in [-0.4, -0.2) is 70.1 Å². The van der Waals surface area contributed by atoms with Crippen LogP contribution in [0, 0.1) is 17.8 Å². The summed E-state index contributed by atoms with van der Waals surface area (Å²) in [6, 6.07) is 4.21. The smallest absolute Gasteiger partial charge is 0.408 e. The number of nitrogens with zero attached hydrogens (tertiary/aromatic N) is 3. The first-order chi connectivity index (χ1) is 21.2. The van der Waals surface area contributed by atoms with E-state index < -0.39 is 29.9 Å². The molecule has 238 valence electrons. The van der Waals surface area contributed by atoms with Gasteiger partial charge in [-0.3, -0.25) is 9.59 Å². The van der Waals surface area contributed by atoms with Crippen molar-refractivity contribution in [3.8, 4) is 11.6 Å². The average molecular weight is 607 g/mol. The van der Waals surface area contributed by atoms with Crippen molar-refractivity contribution in [1.29, 1.82) is 0 Å². The molecule has 3 fully saturated rings. The van der Waals surface area contributed by atoms with Gasteiger partial charge in [-0.25, -0.2) is 14.8 Å². The highest BCUT2D eigenvalue weighted by molar-refractivity contribution is 5.92. The highest BCUT2D eigenvalue weighted by atomic mass is 16.6. The summed E-state index contributed by atoms with van der Waals surface area (Å²) in [5, 5.41) is 2.99. The topological polar surface area (TPSA) is 120 Å². The molecule has 2 amide bonds. The third-order valence-electron chi connectivity index (χ3n) is 10.5. The lowest BCUT2D eigenvalue weighted by Crippen LogP contribution is -2.55. The van der Waals surface area contributed by atoms with E-state index in [2.05, 4.69) is 5.32 Å². The highest BCUT2D eigenvalue weighted by Crippen LogP contribution is 2.49.